The smallest absolute Gasteiger partial charge is 0.161 e. The number of aryl methyl sites for hydroxylation is 2. The Balaban J connectivity index is 2.27. The molecule has 1 heterocycles. The van der Waals surface area contributed by atoms with Crippen molar-refractivity contribution in [2.24, 2.45) is 4.99 Å². The van der Waals surface area contributed by atoms with E-state index in [0.29, 0.717) is 23.8 Å². The van der Waals surface area contributed by atoms with E-state index in [1.165, 1.54) is 0 Å². The van der Waals surface area contributed by atoms with Gasteiger partial charge in [0, 0.05) is 17.0 Å². The summed E-state index contributed by atoms with van der Waals surface area (Å²) in [7, 11) is 3.21. The van der Waals surface area contributed by atoms with Crippen LogP contribution in [0.3, 0.4) is 0 Å². The van der Waals surface area contributed by atoms with Crippen LogP contribution in [0.25, 0.3) is 22.3 Å². The van der Waals surface area contributed by atoms with E-state index in [1.54, 1.807) is 21.1 Å². The second-order valence-electron chi connectivity index (χ2n) is 6.71. The van der Waals surface area contributed by atoms with Gasteiger partial charge in [-0.1, -0.05) is 6.07 Å². The molecule has 1 atom stereocenters. The molecule has 0 unspecified atom stereocenters. The van der Waals surface area contributed by atoms with E-state index in [1.807, 2.05) is 44.2 Å². The molecule has 0 aliphatic carbocycles. The second-order valence-corrected chi connectivity index (χ2v) is 6.71. The monoisotopic (exact) mass is 367 g/mol. The molecule has 5 heteroatoms. The molecule has 27 heavy (non-hydrogen) atoms. The molecule has 3 aromatic rings. The van der Waals surface area contributed by atoms with Crippen molar-refractivity contribution >= 4 is 11.0 Å². The Hall–Kier alpha value is -2.79. The summed E-state index contributed by atoms with van der Waals surface area (Å²) in [6.07, 6.45) is -0.507. The van der Waals surface area contributed by atoms with E-state index in [0.717, 1.165) is 33.0 Å². The normalized spacial score (nSPS) is 13.0. The van der Waals surface area contributed by atoms with Crippen LogP contribution < -0.4 is 14.8 Å². The van der Waals surface area contributed by atoms with Crippen LogP contribution in [0.2, 0.25) is 0 Å². The molecule has 0 radical (unpaired) electrons. The van der Waals surface area contributed by atoms with Gasteiger partial charge in [-0.25, -0.2) is 0 Å². The third-order valence-electron chi connectivity index (χ3n) is 4.38. The average molecular weight is 367 g/mol. The molecule has 0 amide bonds. The molecule has 0 bridgehead atoms. The summed E-state index contributed by atoms with van der Waals surface area (Å²) in [6, 6.07) is 11.7. The predicted molar refractivity (Wildman–Crippen MR) is 106 cm³/mol. The van der Waals surface area contributed by atoms with Crippen LogP contribution in [0.4, 0.5) is 0 Å². The molecule has 142 valence electrons. The lowest BCUT2D eigenvalue weighted by atomic mass is 10.0. The van der Waals surface area contributed by atoms with E-state index in [9.17, 15) is 5.11 Å². The number of hydrogen-bond donors (Lipinski definition) is 1. The molecule has 0 spiro atoms. The molecule has 1 N–H and O–H groups in total. The zero-order valence-electron chi connectivity index (χ0n) is 16.4. The van der Waals surface area contributed by atoms with Crippen LogP contribution in [0.5, 0.6) is 11.5 Å². The van der Waals surface area contributed by atoms with Crippen LogP contribution in [0.1, 0.15) is 18.1 Å². The number of hydrogen-bond acceptors (Lipinski definition) is 5. The molecule has 0 saturated heterocycles. The number of aliphatic hydroxyl groups excluding tert-OH is 1. The van der Waals surface area contributed by atoms with Crippen molar-refractivity contribution in [1.82, 2.24) is 0 Å². The zero-order chi connectivity index (χ0) is 19.6. The van der Waals surface area contributed by atoms with Gasteiger partial charge in [-0.3, -0.25) is 4.99 Å². The summed E-state index contributed by atoms with van der Waals surface area (Å²) >= 11 is 0. The van der Waals surface area contributed by atoms with Crippen molar-refractivity contribution < 1.29 is 19.0 Å². The Kier molecular flexibility index (Phi) is 5.51. The number of aliphatic hydroxyl groups is 1. The van der Waals surface area contributed by atoms with Gasteiger partial charge in [-0.05, 0) is 56.2 Å². The minimum Gasteiger partial charge on any atom is -0.493 e. The van der Waals surface area contributed by atoms with Gasteiger partial charge in [0.2, 0.25) is 0 Å². The fourth-order valence-corrected chi connectivity index (χ4v) is 3.17. The van der Waals surface area contributed by atoms with Crippen molar-refractivity contribution in [3.8, 4) is 22.8 Å². The highest BCUT2D eigenvalue weighted by atomic mass is 16.5. The summed E-state index contributed by atoms with van der Waals surface area (Å²) in [5, 5.41) is 11.4. The summed E-state index contributed by atoms with van der Waals surface area (Å²) in [6.45, 7) is 6.14. The SMILES string of the molecule is COc1ccc(-c2cc(=NC[C@H](C)O)c3c(C)cc(C)cc3o2)cc1OC. The van der Waals surface area contributed by atoms with Gasteiger partial charge in [0.25, 0.3) is 0 Å². The molecular weight excluding hydrogens is 342 g/mol. The molecular formula is C22H25NO4. The van der Waals surface area contributed by atoms with E-state index in [-0.39, 0.29) is 0 Å². The summed E-state index contributed by atoms with van der Waals surface area (Å²) < 4.78 is 16.9. The molecule has 5 nitrogen and oxygen atoms in total. The van der Waals surface area contributed by atoms with Crippen LogP contribution in [-0.2, 0) is 0 Å². The number of nitrogens with zero attached hydrogens (tertiary/aromatic N) is 1. The van der Waals surface area contributed by atoms with Gasteiger partial charge in [0.05, 0.1) is 32.2 Å². The predicted octanol–water partition coefficient (Wildman–Crippen LogP) is 4.02. The zero-order valence-corrected chi connectivity index (χ0v) is 16.4. The minimum absolute atomic E-state index is 0.331. The fraction of sp³-hybridized carbons (Fsp3) is 0.318. The maximum Gasteiger partial charge on any atom is 0.161 e. The van der Waals surface area contributed by atoms with Crippen LogP contribution in [0, 0.1) is 13.8 Å². The van der Waals surface area contributed by atoms with Gasteiger partial charge in [0.1, 0.15) is 11.3 Å². The Bertz CT molecular complexity index is 1030. The topological polar surface area (TPSA) is 64.2 Å². The van der Waals surface area contributed by atoms with Gasteiger partial charge in [0.15, 0.2) is 11.5 Å². The van der Waals surface area contributed by atoms with Crippen molar-refractivity contribution in [2.75, 3.05) is 20.8 Å². The van der Waals surface area contributed by atoms with E-state index < -0.39 is 6.10 Å². The number of fused-ring (bicyclic) bond motifs is 1. The van der Waals surface area contributed by atoms with E-state index in [2.05, 4.69) is 11.1 Å². The maximum absolute atomic E-state index is 9.66. The number of benzene rings is 2. The molecule has 1 aromatic heterocycles. The van der Waals surface area contributed by atoms with Crippen molar-refractivity contribution in [1.29, 1.82) is 0 Å². The minimum atomic E-state index is -0.507. The first-order valence-electron chi connectivity index (χ1n) is 8.89. The van der Waals surface area contributed by atoms with Crippen molar-refractivity contribution in [3.63, 3.8) is 0 Å². The van der Waals surface area contributed by atoms with Gasteiger partial charge in [-0.2, -0.15) is 0 Å². The summed E-state index contributed by atoms with van der Waals surface area (Å²) in [5.74, 6) is 1.97. The first kappa shape index (κ1) is 19.0. The molecule has 0 saturated carbocycles. The highest BCUT2D eigenvalue weighted by molar-refractivity contribution is 5.82. The highest BCUT2D eigenvalue weighted by Gasteiger charge is 2.12. The van der Waals surface area contributed by atoms with E-state index in [4.69, 9.17) is 13.9 Å². The number of methoxy groups -OCH3 is 2. The third kappa shape index (κ3) is 3.98. The second kappa shape index (κ2) is 7.84. The molecule has 3 rings (SSSR count). The standard InChI is InChI=1S/C22H25NO4/c1-13-8-14(2)22-17(23-12-15(3)24)11-19(27-21(22)9-13)16-6-7-18(25-4)20(10-16)26-5/h6-11,15,24H,12H2,1-5H3/t15-/m0/s1. The Labute approximate surface area is 158 Å². The quantitative estimate of drug-likeness (QED) is 0.740. The third-order valence-corrected chi connectivity index (χ3v) is 4.38. The lowest BCUT2D eigenvalue weighted by molar-refractivity contribution is 0.203. The molecule has 2 aromatic carbocycles. The Morgan fingerprint density at radius 2 is 1.78 bits per heavy atom. The first-order chi connectivity index (χ1) is 12.9. The fourth-order valence-electron chi connectivity index (χ4n) is 3.17. The van der Waals surface area contributed by atoms with Crippen LogP contribution in [0.15, 0.2) is 45.8 Å². The Morgan fingerprint density at radius 3 is 2.44 bits per heavy atom. The first-order valence-corrected chi connectivity index (χ1v) is 8.89. The summed E-state index contributed by atoms with van der Waals surface area (Å²) in [4.78, 5) is 4.62. The lowest BCUT2D eigenvalue weighted by Crippen LogP contribution is -2.12. The van der Waals surface area contributed by atoms with Gasteiger partial charge < -0.3 is 19.0 Å². The number of rotatable bonds is 5. The molecule has 0 fully saturated rings. The lowest BCUT2D eigenvalue weighted by Gasteiger charge is -2.11. The van der Waals surface area contributed by atoms with Crippen LogP contribution >= 0.6 is 0 Å². The Morgan fingerprint density at radius 1 is 1.04 bits per heavy atom. The molecule has 0 aliphatic heterocycles. The van der Waals surface area contributed by atoms with Crippen LogP contribution in [-0.4, -0.2) is 32.0 Å². The average Bonchev–Trinajstić information content (AvgIpc) is 2.64. The van der Waals surface area contributed by atoms with Gasteiger partial charge in [-0.15, -0.1) is 0 Å². The largest absolute Gasteiger partial charge is 0.493 e. The maximum atomic E-state index is 9.66. The van der Waals surface area contributed by atoms with Crippen molar-refractivity contribution in [2.45, 2.75) is 26.9 Å². The van der Waals surface area contributed by atoms with Gasteiger partial charge >= 0.3 is 0 Å². The van der Waals surface area contributed by atoms with Crippen molar-refractivity contribution in [3.05, 3.63) is 52.9 Å². The van der Waals surface area contributed by atoms with E-state index >= 15 is 0 Å². The molecule has 0 aliphatic rings. The summed E-state index contributed by atoms with van der Waals surface area (Å²) in [5.41, 5.74) is 3.85. The highest BCUT2D eigenvalue weighted by Crippen LogP contribution is 2.33. The number of ether oxygens (including phenoxy) is 2.